The maximum Gasteiger partial charge on any atom is 0.342 e. The van der Waals surface area contributed by atoms with Gasteiger partial charge in [-0.25, -0.2) is 4.79 Å². The monoisotopic (exact) mass is 442 g/mol. The molecule has 0 fully saturated rings. The number of ether oxygens (including phenoxy) is 1. The van der Waals surface area contributed by atoms with Gasteiger partial charge in [-0.05, 0) is 31.5 Å². The van der Waals surface area contributed by atoms with Crippen molar-refractivity contribution in [3.63, 3.8) is 0 Å². The zero-order chi connectivity index (χ0) is 22.5. The molecule has 0 bridgehead atoms. The van der Waals surface area contributed by atoms with Crippen molar-refractivity contribution in [2.75, 3.05) is 11.9 Å². The number of amides is 1. The number of benzene rings is 2. The summed E-state index contributed by atoms with van der Waals surface area (Å²) in [5.74, 6) is -1.43. The Morgan fingerprint density at radius 3 is 2.58 bits per heavy atom. The first-order valence-electron chi connectivity index (χ1n) is 9.25. The minimum Gasteiger partial charge on any atom is -0.452 e. The lowest BCUT2D eigenvalue weighted by molar-refractivity contribution is -0.383. The quantitative estimate of drug-likeness (QED) is 0.337. The number of hydrogen-bond acceptors (Lipinski definition) is 6. The zero-order valence-corrected chi connectivity index (χ0v) is 17.5. The van der Waals surface area contributed by atoms with E-state index in [4.69, 9.17) is 16.3 Å². The Labute approximate surface area is 182 Å². The normalized spacial score (nSPS) is 10.5. The highest BCUT2D eigenvalue weighted by molar-refractivity contribution is 6.31. The number of aryl methyl sites for hydroxylation is 1. The second kappa shape index (κ2) is 9.40. The van der Waals surface area contributed by atoms with Gasteiger partial charge in [-0.1, -0.05) is 41.9 Å². The van der Waals surface area contributed by atoms with Crippen LogP contribution in [0.4, 0.5) is 11.4 Å². The summed E-state index contributed by atoms with van der Waals surface area (Å²) in [4.78, 5) is 35.2. The van der Waals surface area contributed by atoms with Crippen molar-refractivity contribution >= 4 is 34.9 Å². The summed E-state index contributed by atoms with van der Waals surface area (Å²) < 4.78 is 6.80. The van der Waals surface area contributed by atoms with Gasteiger partial charge in [0.05, 0.1) is 22.9 Å². The van der Waals surface area contributed by atoms with Crippen LogP contribution >= 0.6 is 11.6 Å². The molecule has 9 nitrogen and oxygen atoms in total. The fraction of sp³-hybridized carbons (Fsp3) is 0.190. The summed E-state index contributed by atoms with van der Waals surface area (Å²) in [5.41, 5.74) is 1.98. The summed E-state index contributed by atoms with van der Waals surface area (Å²) >= 11 is 5.84. The molecule has 0 atom stereocenters. The first-order valence-corrected chi connectivity index (χ1v) is 9.63. The highest BCUT2D eigenvalue weighted by Crippen LogP contribution is 2.27. The molecule has 10 heteroatoms. The Bertz CT molecular complexity index is 1140. The molecule has 1 heterocycles. The Morgan fingerprint density at radius 1 is 1.19 bits per heavy atom. The number of nitro groups is 1. The average Bonchev–Trinajstić information content (AvgIpc) is 3.00. The van der Waals surface area contributed by atoms with Crippen LogP contribution in [0.5, 0.6) is 0 Å². The zero-order valence-electron chi connectivity index (χ0n) is 16.8. The fourth-order valence-corrected chi connectivity index (χ4v) is 3.23. The molecule has 0 aliphatic rings. The number of carbonyl (C=O) groups is 2. The van der Waals surface area contributed by atoms with E-state index in [1.165, 1.54) is 18.2 Å². The second-order valence-electron chi connectivity index (χ2n) is 6.73. The van der Waals surface area contributed by atoms with Crippen LogP contribution in [0.25, 0.3) is 0 Å². The maximum atomic E-state index is 12.6. The molecule has 31 heavy (non-hydrogen) atoms. The standard InChI is InChI=1S/C21H19ClN4O5/c1-13-20(14(2)25(24-13)11-15-6-4-3-5-7-15)21(28)31-12-19(27)23-17-10-16(22)8-9-18(17)26(29)30/h3-10H,11-12H2,1-2H3,(H,23,27). The van der Waals surface area contributed by atoms with Crippen molar-refractivity contribution in [2.24, 2.45) is 0 Å². The third-order valence-electron chi connectivity index (χ3n) is 4.52. The highest BCUT2D eigenvalue weighted by atomic mass is 35.5. The number of nitrogens with zero attached hydrogens (tertiary/aromatic N) is 3. The lowest BCUT2D eigenvalue weighted by Crippen LogP contribution is -2.22. The van der Waals surface area contributed by atoms with E-state index in [9.17, 15) is 19.7 Å². The number of nitrogens with one attached hydrogen (secondary N) is 1. The number of nitro benzene ring substituents is 1. The molecule has 0 saturated heterocycles. The van der Waals surface area contributed by atoms with Gasteiger partial charge in [0.1, 0.15) is 11.3 Å². The van der Waals surface area contributed by atoms with E-state index in [2.05, 4.69) is 10.4 Å². The fourth-order valence-electron chi connectivity index (χ4n) is 3.06. The van der Waals surface area contributed by atoms with Gasteiger partial charge in [0.25, 0.3) is 11.6 Å². The molecule has 1 N–H and O–H groups in total. The summed E-state index contributed by atoms with van der Waals surface area (Å²) in [7, 11) is 0. The molecular weight excluding hydrogens is 424 g/mol. The van der Waals surface area contributed by atoms with Crippen molar-refractivity contribution in [1.82, 2.24) is 9.78 Å². The van der Waals surface area contributed by atoms with Crippen molar-refractivity contribution in [3.8, 4) is 0 Å². The minimum atomic E-state index is -0.731. The van der Waals surface area contributed by atoms with Crippen molar-refractivity contribution in [1.29, 1.82) is 0 Å². The Balaban J connectivity index is 1.67. The smallest absolute Gasteiger partial charge is 0.342 e. The van der Waals surface area contributed by atoms with Gasteiger partial charge in [0.2, 0.25) is 0 Å². The topological polar surface area (TPSA) is 116 Å². The van der Waals surface area contributed by atoms with Crippen molar-refractivity contribution in [3.05, 3.63) is 86.2 Å². The van der Waals surface area contributed by atoms with E-state index in [0.717, 1.165) is 5.56 Å². The van der Waals surface area contributed by atoms with Crippen LogP contribution in [0.1, 0.15) is 27.3 Å². The lowest BCUT2D eigenvalue weighted by atomic mass is 10.2. The van der Waals surface area contributed by atoms with Crippen LogP contribution in [0, 0.1) is 24.0 Å². The largest absolute Gasteiger partial charge is 0.452 e. The van der Waals surface area contributed by atoms with E-state index in [1.807, 2.05) is 30.3 Å². The van der Waals surface area contributed by atoms with Crippen LogP contribution in [-0.2, 0) is 16.1 Å². The maximum absolute atomic E-state index is 12.6. The molecule has 0 radical (unpaired) electrons. The summed E-state index contributed by atoms with van der Waals surface area (Å²) in [6, 6.07) is 13.4. The number of carbonyl (C=O) groups excluding carboxylic acids is 2. The Kier molecular flexibility index (Phi) is 6.66. The van der Waals surface area contributed by atoms with Gasteiger partial charge in [-0.3, -0.25) is 19.6 Å². The van der Waals surface area contributed by atoms with Crippen LogP contribution in [-0.4, -0.2) is 33.2 Å². The predicted octanol–water partition coefficient (Wildman–Crippen LogP) is 3.91. The summed E-state index contributed by atoms with van der Waals surface area (Å²) in [6.07, 6.45) is 0. The van der Waals surface area contributed by atoms with Gasteiger partial charge < -0.3 is 10.1 Å². The predicted molar refractivity (Wildman–Crippen MR) is 114 cm³/mol. The van der Waals surface area contributed by atoms with Gasteiger partial charge in [0.15, 0.2) is 6.61 Å². The number of halogens is 1. The molecule has 3 rings (SSSR count). The van der Waals surface area contributed by atoms with Crippen molar-refractivity contribution in [2.45, 2.75) is 20.4 Å². The van der Waals surface area contributed by atoms with Gasteiger partial charge in [-0.2, -0.15) is 5.10 Å². The van der Waals surface area contributed by atoms with E-state index in [-0.39, 0.29) is 22.0 Å². The van der Waals surface area contributed by atoms with E-state index in [1.54, 1.807) is 18.5 Å². The molecule has 1 aromatic heterocycles. The third-order valence-corrected chi connectivity index (χ3v) is 4.76. The average molecular weight is 443 g/mol. The molecular formula is C21H19ClN4O5. The first kappa shape index (κ1) is 22.0. The lowest BCUT2D eigenvalue weighted by Gasteiger charge is -2.08. The Hall–Kier alpha value is -3.72. The number of esters is 1. The third kappa shape index (κ3) is 5.26. The molecule has 3 aromatic rings. The van der Waals surface area contributed by atoms with Crippen LogP contribution in [0.2, 0.25) is 5.02 Å². The molecule has 0 unspecified atom stereocenters. The molecule has 0 aliphatic carbocycles. The number of aromatic nitrogens is 2. The second-order valence-corrected chi connectivity index (χ2v) is 7.17. The van der Waals surface area contributed by atoms with Gasteiger partial charge in [0, 0.05) is 11.1 Å². The van der Waals surface area contributed by atoms with Gasteiger partial charge >= 0.3 is 5.97 Å². The molecule has 160 valence electrons. The summed E-state index contributed by atoms with van der Waals surface area (Å²) in [5, 5.41) is 18.0. The number of anilines is 1. The van der Waals surface area contributed by atoms with Crippen LogP contribution in [0.15, 0.2) is 48.5 Å². The van der Waals surface area contributed by atoms with E-state index >= 15 is 0 Å². The SMILES string of the molecule is Cc1nn(Cc2ccccc2)c(C)c1C(=O)OCC(=O)Nc1cc(Cl)ccc1[N+](=O)[O-]. The van der Waals surface area contributed by atoms with E-state index < -0.39 is 23.4 Å². The molecule has 0 saturated carbocycles. The number of hydrogen-bond donors (Lipinski definition) is 1. The van der Waals surface area contributed by atoms with Crippen molar-refractivity contribution < 1.29 is 19.2 Å². The first-order chi connectivity index (χ1) is 14.8. The molecule has 0 aliphatic heterocycles. The van der Waals surface area contributed by atoms with E-state index in [0.29, 0.717) is 17.9 Å². The summed E-state index contributed by atoms with van der Waals surface area (Å²) in [6.45, 7) is 3.29. The van der Waals surface area contributed by atoms with Crippen LogP contribution in [0.3, 0.4) is 0 Å². The molecule has 0 spiro atoms. The van der Waals surface area contributed by atoms with Crippen LogP contribution < -0.4 is 5.32 Å². The minimum absolute atomic E-state index is 0.0819. The number of rotatable bonds is 7. The highest BCUT2D eigenvalue weighted by Gasteiger charge is 2.22. The molecule has 2 aromatic carbocycles. The Morgan fingerprint density at radius 2 is 1.90 bits per heavy atom. The molecule has 1 amide bonds. The van der Waals surface area contributed by atoms with Gasteiger partial charge in [-0.15, -0.1) is 0 Å².